The molecule has 0 aromatic heterocycles. The van der Waals surface area contributed by atoms with Gasteiger partial charge in [-0.05, 0) is 37.5 Å². The van der Waals surface area contributed by atoms with Crippen LogP contribution >= 0.6 is 0 Å². The van der Waals surface area contributed by atoms with Gasteiger partial charge >= 0.3 is 5.97 Å². The zero-order chi connectivity index (χ0) is 23.3. The Labute approximate surface area is 184 Å². The maximum Gasteiger partial charge on any atom is 0.314 e. The van der Waals surface area contributed by atoms with Crippen LogP contribution in [-0.2, 0) is 30.3 Å². The normalized spacial score (nSPS) is 13.5. The molecule has 0 saturated carbocycles. The fraction of sp³-hybridized carbons (Fsp3) is 0.591. The molecule has 0 aliphatic rings. The van der Waals surface area contributed by atoms with Gasteiger partial charge in [0.15, 0.2) is 0 Å². The molecule has 0 bridgehead atoms. The second-order valence-corrected chi connectivity index (χ2v) is 7.51. The molecule has 1 aromatic rings. The number of carbonyl (C=O) groups is 1. The van der Waals surface area contributed by atoms with Crippen LogP contribution in [0.2, 0.25) is 0 Å². The summed E-state index contributed by atoms with van der Waals surface area (Å²) in [5, 5.41) is 13.3. The molecule has 0 saturated heterocycles. The van der Waals surface area contributed by atoms with Gasteiger partial charge in [-0.2, -0.15) is 5.10 Å². The quantitative estimate of drug-likeness (QED) is 0.149. The summed E-state index contributed by atoms with van der Waals surface area (Å²) < 4.78 is 21.3. The first-order valence-corrected chi connectivity index (χ1v) is 10.0. The minimum Gasteiger partial charge on any atom is -0.469 e. The Bertz CT molecular complexity index is 749. The largest absolute Gasteiger partial charge is 0.469 e. The lowest BCUT2D eigenvalue weighted by Crippen LogP contribution is -2.35. The second-order valence-electron chi connectivity index (χ2n) is 7.51. The van der Waals surface area contributed by atoms with Crippen molar-refractivity contribution >= 4 is 17.9 Å². The molecule has 0 amide bonds. The highest BCUT2D eigenvalue weighted by Gasteiger charge is 2.40. The average Bonchev–Trinajstić information content (AvgIpc) is 2.77. The van der Waals surface area contributed by atoms with Gasteiger partial charge in [-0.15, -0.1) is 0 Å². The molecule has 1 aromatic carbocycles. The molecule has 0 unspecified atom stereocenters. The van der Waals surface area contributed by atoms with Gasteiger partial charge in [0.25, 0.3) is 0 Å². The second kappa shape index (κ2) is 13.9. The number of nitrogens with zero attached hydrogens (tertiary/aromatic N) is 2. The number of hydrogen-bond donors (Lipinski definition) is 2. The van der Waals surface area contributed by atoms with E-state index in [0.717, 1.165) is 16.7 Å². The lowest BCUT2D eigenvalue weighted by Gasteiger charge is -2.32. The summed E-state index contributed by atoms with van der Waals surface area (Å²) in [7, 11) is 2.95. The van der Waals surface area contributed by atoms with Crippen molar-refractivity contribution in [3.63, 3.8) is 0 Å². The summed E-state index contributed by atoms with van der Waals surface area (Å²) in [6.07, 6.45) is 0.865. The van der Waals surface area contributed by atoms with Crippen LogP contribution in [0.5, 0.6) is 0 Å². The molecule has 9 heteroatoms. The minimum atomic E-state index is -0.997. The first-order chi connectivity index (χ1) is 14.8. The Balaban J connectivity index is 2.92. The Hall–Kier alpha value is -2.33. The highest BCUT2D eigenvalue weighted by molar-refractivity contribution is 6.31. The Kier molecular flexibility index (Phi) is 11.9. The van der Waals surface area contributed by atoms with E-state index < -0.39 is 17.5 Å². The molecule has 31 heavy (non-hydrogen) atoms. The topological polar surface area (TPSA) is 125 Å². The summed E-state index contributed by atoms with van der Waals surface area (Å²) in [6.45, 7) is 7.24. The minimum absolute atomic E-state index is 0.0396. The highest BCUT2D eigenvalue weighted by Crippen LogP contribution is 2.38. The number of aliphatic hydroxyl groups is 1. The van der Waals surface area contributed by atoms with Crippen LogP contribution in [0.1, 0.15) is 36.6 Å². The van der Waals surface area contributed by atoms with Crippen LogP contribution < -0.4 is 5.84 Å². The standard InChI is InChI=1S/C22H35N3O6/c1-16-6-7-17(12-18(16)14-26)20(22(2,3)21(27)29-5)31-15-19(25-23)13-24-8-9-30-11-10-28-4/h6-7,12-13,20,26H,8-11,14-15,23H2,1-5H3/t20-/m1/s1. The number of hydrogen-bond acceptors (Lipinski definition) is 9. The van der Waals surface area contributed by atoms with Gasteiger partial charge in [-0.3, -0.25) is 9.79 Å². The number of aliphatic hydroxyl groups excluding tert-OH is 1. The van der Waals surface area contributed by atoms with E-state index in [0.29, 0.717) is 32.1 Å². The van der Waals surface area contributed by atoms with Gasteiger partial charge in [0.1, 0.15) is 5.71 Å². The number of hydrazone groups is 1. The molecule has 1 atom stereocenters. The van der Waals surface area contributed by atoms with Crippen LogP contribution in [0.25, 0.3) is 0 Å². The number of rotatable bonds is 14. The summed E-state index contributed by atoms with van der Waals surface area (Å²) in [4.78, 5) is 16.7. The fourth-order valence-electron chi connectivity index (χ4n) is 2.92. The van der Waals surface area contributed by atoms with Gasteiger partial charge in [-0.1, -0.05) is 18.2 Å². The lowest BCUT2D eigenvalue weighted by molar-refractivity contribution is -0.160. The molecular formula is C22H35N3O6. The van der Waals surface area contributed by atoms with Gasteiger partial charge in [0.05, 0.1) is 58.2 Å². The van der Waals surface area contributed by atoms with Crippen LogP contribution in [0.4, 0.5) is 0 Å². The van der Waals surface area contributed by atoms with Crippen molar-refractivity contribution in [1.29, 1.82) is 0 Å². The van der Waals surface area contributed by atoms with E-state index >= 15 is 0 Å². The van der Waals surface area contributed by atoms with E-state index in [1.807, 2.05) is 25.1 Å². The van der Waals surface area contributed by atoms with Crippen LogP contribution in [0, 0.1) is 12.3 Å². The third kappa shape index (κ3) is 8.37. The van der Waals surface area contributed by atoms with Gasteiger partial charge in [0.2, 0.25) is 0 Å². The maximum absolute atomic E-state index is 12.4. The summed E-state index contributed by atoms with van der Waals surface area (Å²) in [5.41, 5.74) is 1.87. The number of nitrogens with two attached hydrogens (primary N) is 1. The molecule has 1 rings (SSSR count). The number of esters is 1. The number of aliphatic imine (C=N–C) groups is 1. The predicted molar refractivity (Wildman–Crippen MR) is 119 cm³/mol. The molecule has 0 heterocycles. The smallest absolute Gasteiger partial charge is 0.314 e. The van der Waals surface area contributed by atoms with E-state index in [9.17, 15) is 9.90 Å². The maximum atomic E-state index is 12.4. The van der Waals surface area contributed by atoms with Gasteiger partial charge < -0.3 is 29.9 Å². The molecule has 0 fully saturated rings. The Morgan fingerprint density at radius 1 is 1.26 bits per heavy atom. The third-order valence-corrected chi connectivity index (χ3v) is 4.81. The number of benzene rings is 1. The molecule has 0 aliphatic carbocycles. The van der Waals surface area contributed by atoms with E-state index in [1.54, 1.807) is 21.0 Å². The van der Waals surface area contributed by atoms with Gasteiger partial charge in [-0.25, -0.2) is 0 Å². The third-order valence-electron chi connectivity index (χ3n) is 4.81. The van der Waals surface area contributed by atoms with Crippen LogP contribution in [0.15, 0.2) is 28.3 Å². The van der Waals surface area contributed by atoms with Gasteiger partial charge in [0, 0.05) is 13.3 Å². The molecule has 3 N–H and O–H groups in total. The molecular weight excluding hydrogens is 402 g/mol. The first kappa shape index (κ1) is 26.7. The van der Waals surface area contributed by atoms with Crippen molar-refractivity contribution < 1.29 is 28.8 Å². The summed E-state index contributed by atoms with van der Waals surface area (Å²) in [5.74, 6) is 5.06. The lowest BCUT2D eigenvalue weighted by atomic mass is 9.81. The monoisotopic (exact) mass is 437 g/mol. The highest BCUT2D eigenvalue weighted by atomic mass is 16.5. The molecule has 174 valence electrons. The Morgan fingerprint density at radius 3 is 2.61 bits per heavy atom. The fourth-order valence-corrected chi connectivity index (χ4v) is 2.92. The number of ether oxygens (including phenoxy) is 4. The molecule has 0 radical (unpaired) electrons. The van der Waals surface area contributed by atoms with Crippen molar-refractivity contribution in [3.05, 3.63) is 34.9 Å². The van der Waals surface area contributed by atoms with Crippen LogP contribution in [-0.4, -0.2) is 70.2 Å². The SMILES string of the molecule is COCCOCCN=CC(CO[C@H](c1ccc(C)c(CO)c1)C(C)(C)C(=O)OC)=NN. The zero-order valence-corrected chi connectivity index (χ0v) is 19.1. The number of aryl methyl sites for hydroxylation is 1. The van der Waals surface area contributed by atoms with Crippen molar-refractivity contribution in [2.24, 2.45) is 21.4 Å². The van der Waals surface area contributed by atoms with E-state index in [4.69, 9.17) is 24.8 Å². The van der Waals surface area contributed by atoms with Crippen molar-refractivity contribution in [3.8, 4) is 0 Å². The van der Waals surface area contributed by atoms with Crippen LogP contribution in [0.3, 0.4) is 0 Å². The Morgan fingerprint density at radius 2 is 2.00 bits per heavy atom. The molecule has 0 spiro atoms. The number of methoxy groups -OCH3 is 2. The van der Waals surface area contributed by atoms with Crippen molar-refractivity contribution in [2.45, 2.75) is 33.5 Å². The van der Waals surface area contributed by atoms with Crippen molar-refractivity contribution in [2.75, 3.05) is 47.2 Å². The average molecular weight is 438 g/mol. The van der Waals surface area contributed by atoms with E-state index in [-0.39, 0.29) is 13.2 Å². The molecule has 9 nitrogen and oxygen atoms in total. The van der Waals surface area contributed by atoms with E-state index in [1.165, 1.54) is 13.3 Å². The zero-order valence-electron chi connectivity index (χ0n) is 19.1. The molecule has 0 aliphatic heterocycles. The summed E-state index contributed by atoms with van der Waals surface area (Å²) in [6, 6.07) is 5.58. The van der Waals surface area contributed by atoms with E-state index in [2.05, 4.69) is 10.1 Å². The first-order valence-electron chi connectivity index (χ1n) is 10.0. The summed E-state index contributed by atoms with van der Waals surface area (Å²) >= 11 is 0. The predicted octanol–water partition coefficient (Wildman–Crippen LogP) is 1.79. The van der Waals surface area contributed by atoms with Crippen molar-refractivity contribution in [1.82, 2.24) is 0 Å². The number of carbonyl (C=O) groups excluding carboxylic acids is 1.